The lowest BCUT2D eigenvalue weighted by Gasteiger charge is -2.21. The molecule has 3 heteroatoms. The molecule has 1 aliphatic heterocycles. The van der Waals surface area contributed by atoms with E-state index in [-0.39, 0.29) is 6.61 Å². The van der Waals surface area contributed by atoms with E-state index >= 15 is 0 Å². The van der Waals surface area contributed by atoms with E-state index in [1.807, 2.05) is 0 Å². The molecule has 15 heavy (non-hydrogen) atoms. The Kier molecular flexibility index (Phi) is 5.91. The molecule has 0 saturated carbocycles. The van der Waals surface area contributed by atoms with Crippen LogP contribution in [0.5, 0.6) is 0 Å². The molecule has 0 unspecified atom stereocenters. The van der Waals surface area contributed by atoms with E-state index in [1.165, 1.54) is 18.5 Å². The van der Waals surface area contributed by atoms with Crippen LogP contribution in [0, 0.1) is 0 Å². The average molecular weight is 212 g/mol. The molecule has 1 rings (SSSR count). The smallest absolute Gasteiger partial charge is 0.0558 e. The van der Waals surface area contributed by atoms with Crippen LogP contribution in [-0.4, -0.2) is 60.8 Å². The van der Waals surface area contributed by atoms with Crippen LogP contribution in [-0.2, 0) is 0 Å². The van der Waals surface area contributed by atoms with Gasteiger partial charge in [0.1, 0.15) is 0 Å². The molecule has 1 fully saturated rings. The molecule has 0 aromatic heterocycles. The molecule has 0 atom stereocenters. The van der Waals surface area contributed by atoms with E-state index in [9.17, 15) is 0 Å². The zero-order valence-electron chi connectivity index (χ0n) is 9.91. The fourth-order valence-corrected chi connectivity index (χ4v) is 1.98. The third kappa shape index (κ3) is 4.78. The fraction of sp³-hybridized carbons (Fsp3) is 0.833. The first-order chi connectivity index (χ1) is 7.26. The second-order valence-corrected chi connectivity index (χ2v) is 4.30. The molecule has 0 aromatic rings. The van der Waals surface area contributed by atoms with Crippen LogP contribution in [0.2, 0.25) is 0 Å². The van der Waals surface area contributed by atoms with E-state index < -0.39 is 0 Å². The third-order valence-corrected chi connectivity index (χ3v) is 3.04. The summed E-state index contributed by atoms with van der Waals surface area (Å²) in [5, 5.41) is 8.89. The van der Waals surface area contributed by atoms with Crippen molar-refractivity contribution in [2.75, 3.05) is 45.9 Å². The molecule has 1 saturated heterocycles. The van der Waals surface area contributed by atoms with Crippen molar-refractivity contribution in [3.8, 4) is 0 Å². The summed E-state index contributed by atoms with van der Waals surface area (Å²) in [6.07, 6.45) is 2.29. The summed E-state index contributed by atoms with van der Waals surface area (Å²) in [5.41, 5.74) is 1.32. The predicted molar refractivity (Wildman–Crippen MR) is 64.0 cm³/mol. The normalized spacial score (nSPS) is 20.1. The summed E-state index contributed by atoms with van der Waals surface area (Å²) in [7, 11) is 0. The van der Waals surface area contributed by atoms with E-state index in [0.717, 1.165) is 39.1 Å². The van der Waals surface area contributed by atoms with Crippen molar-refractivity contribution >= 4 is 0 Å². The van der Waals surface area contributed by atoms with Gasteiger partial charge in [-0.15, -0.1) is 0 Å². The second-order valence-electron chi connectivity index (χ2n) is 4.30. The highest BCUT2D eigenvalue weighted by Gasteiger charge is 2.14. The molecule has 0 aliphatic carbocycles. The predicted octanol–water partition coefficient (Wildman–Crippen LogP) is 0.953. The Morgan fingerprint density at radius 1 is 1.20 bits per heavy atom. The monoisotopic (exact) mass is 212 g/mol. The van der Waals surface area contributed by atoms with Gasteiger partial charge in [-0.3, -0.25) is 9.80 Å². The van der Waals surface area contributed by atoms with Crippen molar-refractivity contribution in [1.29, 1.82) is 0 Å². The number of hydrogen-bond acceptors (Lipinski definition) is 3. The Bertz CT molecular complexity index is 194. The van der Waals surface area contributed by atoms with Crippen LogP contribution in [0.3, 0.4) is 0 Å². The zero-order valence-corrected chi connectivity index (χ0v) is 9.91. The van der Waals surface area contributed by atoms with Gasteiger partial charge in [-0.2, -0.15) is 0 Å². The number of hydrogen-bond donors (Lipinski definition) is 1. The Morgan fingerprint density at radius 3 is 2.53 bits per heavy atom. The number of aliphatic hydroxyl groups excluding tert-OH is 1. The van der Waals surface area contributed by atoms with Crippen molar-refractivity contribution in [3.63, 3.8) is 0 Å². The molecule has 0 aromatic carbocycles. The zero-order chi connectivity index (χ0) is 11.1. The number of nitrogens with zero attached hydrogens (tertiary/aromatic N) is 2. The lowest BCUT2D eigenvalue weighted by Crippen LogP contribution is -2.33. The van der Waals surface area contributed by atoms with Crippen LogP contribution in [0.15, 0.2) is 12.2 Å². The van der Waals surface area contributed by atoms with E-state index in [4.69, 9.17) is 5.11 Å². The van der Waals surface area contributed by atoms with Crippen LogP contribution in [0.1, 0.15) is 19.8 Å². The largest absolute Gasteiger partial charge is 0.395 e. The molecular weight excluding hydrogens is 188 g/mol. The van der Waals surface area contributed by atoms with Gasteiger partial charge >= 0.3 is 0 Å². The molecule has 1 N–H and O–H groups in total. The van der Waals surface area contributed by atoms with E-state index in [2.05, 4.69) is 23.3 Å². The SMILES string of the molecule is C=C(CC)CN1CCCN(CCO)CC1. The maximum absolute atomic E-state index is 8.89. The molecule has 1 aliphatic rings. The van der Waals surface area contributed by atoms with Gasteiger partial charge in [0, 0.05) is 26.2 Å². The Labute approximate surface area is 93.4 Å². The molecule has 1 heterocycles. The minimum Gasteiger partial charge on any atom is -0.395 e. The fourth-order valence-electron chi connectivity index (χ4n) is 1.98. The van der Waals surface area contributed by atoms with Gasteiger partial charge in [-0.05, 0) is 25.9 Å². The minimum atomic E-state index is 0.279. The highest BCUT2D eigenvalue weighted by Crippen LogP contribution is 2.06. The summed E-state index contributed by atoms with van der Waals surface area (Å²) < 4.78 is 0. The highest BCUT2D eigenvalue weighted by atomic mass is 16.3. The number of aliphatic hydroxyl groups is 1. The van der Waals surface area contributed by atoms with Gasteiger partial charge in [0.25, 0.3) is 0 Å². The van der Waals surface area contributed by atoms with Crippen molar-refractivity contribution in [1.82, 2.24) is 9.80 Å². The van der Waals surface area contributed by atoms with Crippen molar-refractivity contribution in [2.24, 2.45) is 0 Å². The summed E-state index contributed by atoms with van der Waals surface area (Å²) in [4.78, 5) is 4.82. The van der Waals surface area contributed by atoms with Crippen LogP contribution in [0.25, 0.3) is 0 Å². The first-order valence-electron chi connectivity index (χ1n) is 5.98. The molecule has 0 radical (unpaired) electrons. The lowest BCUT2D eigenvalue weighted by atomic mass is 10.2. The maximum atomic E-state index is 8.89. The maximum Gasteiger partial charge on any atom is 0.0558 e. The van der Waals surface area contributed by atoms with E-state index in [0.29, 0.717) is 0 Å². The number of β-amino-alcohol motifs (C(OH)–C–C–N with tert-alkyl or cyclic N) is 1. The summed E-state index contributed by atoms with van der Waals surface area (Å²) in [6.45, 7) is 12.8. The molecule has 88 valence electrons. The summed E-state index contributed by atoms with van der Waals surface area (Å²) in [5.74, 6) is 0. The van der Waals surface area contributed by atoms with Gasteiger partial charge in [-0.25, -0.2) is 0 Å². The van der Waals surface area contributed by atoms with E-state index in [1.54, 1.807) is 0 Å². The van der Waals surface area contributed by atoms with Gasteiger partial charge < -0.3 is 5.11 Å². The van der Waals surface area contributed by atoms with Crippen molar-refractivity contribution in [2.45, 2.75) is 19.8 Å². The van der Waals surface area contributed by atoms with Crippen molar-refractivity contribution < 1.29 is 5.11 Å². The lowest BCUT2D eigenvalue weighted by molar-refractivity contribution is 0.198. The van der Waals surface area contributed by atoms with Gasteiger partial charge in [0.15, 0.2) is 0 Å². The second kappa shape index (κ2) is 6.99. The molecule has 0 spiro atoms. The number of rotatable bonds is 5. The van der Waals surface area contributed by atoms with Gasteiger partial charge in [0.05, 0.1) is 6.61 Å². The summed E-state index contributed by atoms with van der Waals surface area (Å²) in [6, 6.07) is 0. The van der Waals surface area contributed by atoms with Crippen LogP contribution in [0.4, 0.5) is 0 Å². The van der Waals surface area contributed by atoms with Crippen LogP contribution >= 0.6 is 0 Å². The molecule has 3 nitrogen and oxygen atoms in total. The standard InChI is InChI=1S/C12H24N2O/c1-3-12(2)11-14-6-4-5-13(7-8-14)9-10-15/h15H,2-11H2,1H3. The van der Waals surface area contributed by atoms with Gasteiger partial charge in [0.2, 0.25) is 0 Å². The van der Waals surface area contributed by atoms with Gasteiger partial charge in [-0.1, -0.05) is 19.1 Å². The first kappa shape index (κ1) is 12.7. The first-order valence-corrected chi connectivity index (χ1v) is 5.98. The quantitative estimate of drug-likeness (QED) is 0.687. The minimum absolute atomic E-state index is 0.279. The van der Waals surface area contributed by atoms with Crippen LogP contribution < -0.4 is 0 Å². The molecule has 0 amide bonds. The Balaban J connectivity index is 2.29. The topological polar surface area (TPSA) is 26.7 Å². The summed E-state index contributed by atoms with van der Waals surface area (Å²) >= 11 is 0. The third-order valence-electron chi connectivity index (χ3n) is 3.04. The highest BCUT2D eigenvalue weighted by molar-refractivity contribution is 4.96. The molecular formula is C12H24N2O. The Morgan fingerprint density at radius 2 is 1.87 bits per heavy atom. The van der Waals surface area contributed by atoms with Crippen molar-refractivity contribution in [3.05, 3.63) is 12.2 Å². The molecule has 0 bridgehead atoms. The average Bonchev–Trinajstić information content (AvgIpc) is 2.45. The Hall–Kier alpha value is -0.380.